The largest absolute Gasteiger partial charge is 0.481 e. The molecule has 15 heavy (non-hydrogen) atoms. The highest BCUT2D eigenvalue weighted by atomic mass is 32.2. The number of aliphatic carboxylic acids is 1. The van der Waals surface area contributed by atoms with Crippen LogP contribution in [0.15, 0.2) is 5.16 Å². The van der Waals surface area contributed by atoms with E-state index in [2.05, 4.69) is 10.2 Å². The van der Waals surface area contributed by atoms with Gasteiger partial charge in [0, 0.05) is 12.3 Å². The van der Waals surface area contributed by atoms with Crippen LogP contribution in [0.5, 0.6) is 0 Å². The van der Waals surface area contributed by atoms with E-state index in [1.165, 1.54) is 0 Å². The van der Waals surface area contributed by atoms with Gasteiger partial charge in [0.1, 0.15) is 0 Å². The molecule has 84 valence electrons. The molecule has 0 aliphatic rings. The van der Waals surface area contributed by atoms with Gasteiger partial charge in [-0.1, -0.05) is 11.8 Å². The van der Waals surface area contributed by atoms with Crippen LogP contribution in [0, 0.1) is 0 Å². The Kier molecular flexibility index (Phi) is 4.76. The maximum atomic E-state index is 10.4. The summed E-state index contributed by atoms with van der Waals surface area (Å²) in [5.74, 6) is 0.315. The molecule has 0 aliphatic carbocycles. The lowest BCUT2D eigenvalue weighted by Gasteiger charge is -2.05. The summed E-state index contributed by atoms with van der Waals surface area (Å²) in [5, 5.41) is 16.6. The number of carbonyl (C=O) groups is 1. The summed E-state index contributed by atoms with van der Waals surface area (Å²) in [4.78, 5) is 10.4. The number of thioether (sulfide) groups is 2. The molecule has 0 saturated heterocycles. The number of hydrogen-bond donors (Lipinski definition) is 2. The quantitative estimate of drug-likeness (QED) is 0.704. The van der Waals surface area contributed by atoms with Crippen molar-refractivity contribution in [2.75, 3.05) is 23.5 Å². The summed E-state index contributed by atoms with van der Waals surface area (Å²) in [7, 11) is 0. The van der Waals surface area contributed by atoms with E-state index in [1.807, 2.05) is 6.26 Å². The van der Waals surface area contributed by atoms with E-state index in [1.54, 1.807) is 16.3 Å². The second kappa shape index (κ2) is 5.86. The molecule has 0 amide bonds. The smallest absolute Gasteiger partial charge is 0.313 e. The Morgan fingerprint density at radius 2 is 2.33 bits per heavy atom. The number of hydrogen-bond acceptors (Lipinski definition) is 6. The van der Waals surface area contributed by atoms with E-state index in [0.29, 0.717) is 17.6 Å². The van der Waals surface area contributed by atoms with E-state index in [0.717, 1.165) is 17.5 Å². The van der Waals surface area contributed by atoms with Gasteiger partial charge in [-0.3, -0.25) is 9.36 Å². The molecule has 1 rings (SSSR count). The van der Waals surface area contributed by atoms with Gasteiger partial charge >= 0.3 is 5.97 Å². The molecular formula is C7H12N4O2S2. The zero-order valence-electron chi connectivity index (χ0n) is 8.21. The van der Waals surface area contributed by atoms with E-state index in [-0.39, 0.29) is 5.75 Å². The molecule has 1 heterocycles. The molecule has 1 aromatic heterocycles. The molecule has 8 heteroatoms. The summed E-state index contributed by atoms with van der Waals surface area (Å²) >= 11 is 2.81. The first-order valence-corrected chi connectivity index (χ1v) is 6.55. The van der Waals surface area contributed by atoms with Crippen molar-refractivity contribution in [3.8, 4) is 0 Å². The van der Waals surface area contributed by atoms with Crippen molar-refractivity contribution < 1.29 is 9.90 Å². The van der Waals surface area contributed by atoms with Gasteiger partial charge in [-0.05, 0) is 6.26 Å². The van der Waals surface area contributed by atoms with Crippen molar-refractivity contribution in [1.82, 2.24) is 14.8 Å². The topological polar surface area (TPSA) is 94.0 Å². The highest BCUT2D eigenvalue weighted by Gasteiger charge is 2.10. The fourth-order valence-electron chi connectivity index (χ4n) is 0.926. The average molecular weight is 248 g/mol. The molecule has 0 atom stereocenters. The fraction of sp³-hybridized carbons (Fsp3) is 0.571. The Labute approximate surface area is 95.6 Å². The minimum Gasteiger partial charge on any atom is -0.481 e. The van der Waals surface area contributed by atoms with Crippen LogP contribution in [0.2, 0.25) is 0 Å². The number of nitrogen functional groups attached to an aromatic ring is 1. The summed E-state index contributed by atoms with van der Waals surface area (Å²) in [6, 6.07) is 0. The minimum absolute atomic E-state index is 0.0304. The summed E-state index contributed by atoms with van der Waals surface area (Å²) in [6.45, 7) is 0.696. The van der Waals surface area contributed by atoms with Gasteiger partial charge in [-0.25, -0.2) is 0 Å². The standard InChI is InChI=1S/C7H12N4O2S2/c1-14-3-2-11-6(8)9-10-7(11)15-4-5(12)13/h2-4H2,1H3,(H2,8,9)(H,12,13). The third-order valence-corrected chi connectivity index (χ3v) is 3.13. The Morgan fingerprint density at radius 3 is 2.93 bits per heavy atom. The molecule has 0 saturated carbocycles. The molecule has 0 aromatic carbocycles. The van der Waals surface area contributed by atoms with Gasteiger partial charge in [-0.2, -0.15) is 11.8 Å². The lowest BCUT2D eigenvalue weighted by molar-refractivity contribution is -0.133. The molecule has 0 aliphatic heterocycles. The molecule has 6 nitrogen and oxygen atoms in total. The van der Waals surface area contributed by atoms with Gasteiger partial charge in [0.15, 0.2) is 5.16 Å². The van der Waals surface area contributed by atoms with Crippen LogP contribution < -0.4 is 5.73 Å². The predicted molar refractivity (Wildman–Crippen MR) is 61.2 cm³/mol. The average Bonchev–Trinajstić information content (AvgIpc) is 2.53. The maximum Gasteiger partial charge on any atom is 0.313 e. The highest BCUT2D eigenvalue weighted by molar-refractivity contribution is 7.99. The maximum absolute atomic E-state index is 10.4. The highest BCUT2D eigenvalue weighted by Crippen LogP contribution is 2.18. The van der Waals surface area contributed by atoms with Crippen LogP contribution in [-0.4, -0.2) is 43.6 Å². The molecular weight excluding hydrogens is 236 g/mol. The number of carboxylic acid groups (broad SMARTS) is 1. The number of nitrogens with two attached hydrogens (primary N) is 1. The Bertz CT molecular complexity index is 342. The van der Waals surface area contributed by atoms with Crippen LogP contribution in [0.1, 0.15) is 0 Å². The van der Waals surface area contributed by atoms with Crippen molar-refractivity contribution >= 4 is 35.4 Å². The summed E-state index contributed by atoms with van der Waals surface area (Å²) in [6.07, 6.45) is 1.99. The molecule has 0 fully saturated rings. The number of carboxylic acids is 1. The molecule has 0 unspecified atom stereocenters. The van der Waals surface area contributed by atoms with Crippen LogP contribution in [-0.2, 0) is 11.3 Å². The van der Waals surface area contributed by atoms with E-state index < -0.39 is 5.97 Å². The van der Waals surface area contributed by atoms with Crippen molar-refractivity contribution in [2.24, 2.45) is 0 Å². The van der Waals surface area contributed by atoms with Gasteiger partial charge in [0.25, 0.3) is 0 Å². The van der Waals surface area contributed by atoms with Gasteiger partial charge in [-0.15, -0.1) is 10.2 Å². The normalized spacial score (nSPS) is 10.5. The summed E-state index contributed by atoms with van der Waals surface area (Å²) in [5.41, 5.74) is 5.61. The lowest BCUT2D eigenvalue weighted by atomic mass is 10.7. The van der Waals surface area contributed by atoms with Crippen molar-refractivity contribution in [1.29, 1.82) is 0 Å². The van der Waals surface area contributed by atoms with Gasteiger partial charge in [0.05, 0.1) is 5.75 Å². The third-order valence-electron chi connectivity index (χ3n) is 1.59. The first-order valence-electron chi connectivity index (χ1n) is 4.17. The van der Waals surface area contributed by atoms with Gasteiger partial charge < -0.3 is 10.8 Å². The van der Waals surface area contributed by atoms with Crippen LogP contribution in [0.25, 0.3) is 0 Å². The van der Waals surface area contributed by atoms with Gasteiger partial charge in [0.2, 0.25) is 5.95 Å². The first kappa shape index (κ1) is 12.2. The zero-order chi connectivity index (χ0) is 11.3. The van der Waals surface area contributed by atoms with E-state index in [4.69, 9.17) is 10.8 Å². The first-order chi connectivity index (χ1) is 7.15. The van der Waals surface area contributed by atoms with E-state index >= 15 is 0 Å². The van der Waals surface area contributed by atoms with Crippen LogP contribution in [0.4, 0.5) is 5.95 Å². The lowest BCUT2D eigenvalue weighted by Crippen LogP contribution is -2.07. The van der Waals surface area contributed by atoms with E-state index in [9.17, 15) is 4.79 Å². The van der Waals surface area contributed by atoms with Crippen LogP contribution >= 0.6 is 23.5 Å². The predicted octanol–water partition coefficient (Wildman–Crippen LogP) is 0.400. The monoisotopic (exact) mass is 248 g/mol. The molecule has 0 spiro atoms. The second-order valence-electron chi connectivity index (χ2n) is 2.67. The Hall–Kier alpha value is -0.890. The SMILES string of the molecule is CSCCn1c(N)nnc1SCC(=O)O. The number of nitrogens with zero attached hydrogens (tertiary/aromatic N) is 3. The fourth-order valence-corrected chi connectivity index (χ4v) is 1.98. The molecule has 0 bridgehead atoms. The van der Waals surface area contributed by atoms with Crippen LogP contribution in [0.3, 0.4) is 0 Å². The Morgan fingerprint density at radius 1 is 1.60 bits per heavy atom. The third kappa shape index (κ3) is 3.63. The molecule has 3 N–H and O–H groups in total. The molecule has 0 radical (unpaired) electrons. The zero-order valence-corrected chi connectivity index (χ0v) is 9.85. The molecule has 1 aromatic rings. The summed E-state index contributed by atoms with van der Waals surface area (Å²) < 4.78 is 1.73. The van der Waals surface area contributed by atoms with Crippen molar-refractivity contribution in [3.63, 3.8) is 0 Å². The number of rotatable bonds is 6. The van der Waals surface area contributed by atoms with Crippen molar-refractivity contribution in [2.45, 2.75) is 11.7 Å². The minimum atomic E-state index is -0.877. The second-order valence-corrected chi connectivity index (χ2v) is 4.60. The number of anilines is 1. The van der Waals surface area contributed by atoms with Crippen molar-refractivity contribution in [3.05, 3.63) is 0 Å². The Balaban J connectivity index is 2.65. The number of aromatic nitrogens is 3.